The number of nitrogens with zero attached hydrogens (tertiary/aromatic N) is 1. The number of hydrogen-bond donors (Lipinski definition) is 1. The Bertz CT molecular complexity index is 348. The van der Waals surface area contributed by atoms with Crippen molar-refractivity contribution in [2.45, 2.75) is 13.8 Å². The molecule has 0 saturated carbocycles. The van der Waals surface area contributed by atoms with Crippen molar-refractivity contribution >= 4 is 5.97 Å². The molecule has 0 aliphatic rings. The van der Waals surface area contributed by atoms with Gasteiger partial charge in [-0.2, -0.15) is 0 Å². The molecule has 1 N–H and O–H groups in total. The third kappa shape index (κ3) is 3.24. The fourth-order valence-electron chi connectivity index (χ4n) is 1.28. The van der Waals surface area contributed by atoms with Gasteiger partial charge in [0.05, 0.1) is 0 Å². The molecule has 4 nitrogen and oxygen atoms in total. The van der Waals surface area contributed by atoms with E-state index in [1.807, 2.05) is 18.7 Å². The van der Waals surface area contributed by atoms with Crippen molar-refractivity contribution in [2.75, 3.05) is 19.8 Å². The van der Waals surface area contributed by atoms with Gasteiger partial charge in [0, 0.05) is 0 Å². The Labute approximate surface area is 95.5 Å². The smallest absolute Gasteiger partial charge is 0.343 e. The van der Waals surface area contributed by atoms with Gasteiger partial charge in [-0.25, -0.2) is 4.79 Å². The second-order valence-electron chi connectivity index (χ2n) is 3.38. The summed E-state index contributed by atoms with van der Waals surface area (Å²) in [6.07, 6.45) is 0. The van der Waals surface area contributed by atoms with Crippen LogP contribution in [0.1, 0.15) is 24.2 Å². The minimum atomic E-state index is -0.495. The quantitative estimate of drug-likeness (QED) is 0.611. The lowest BCUT2D eigenvalue weighted by Crippen LogP contribution is -2.27. The van der Waals surface area contributed by atoms with E-state index in [0.29, 0.717) is 0 Å². The summed E-state index contributed by atoms with van der Waals surface area (Å²) in [5, 5.41) is 9.45. The number of phenols is 1. The Morgan fingerprint density at radius 3 is 2.50 bits per heavy atom. The number of esters is 1. The minimum Gasteiger partial charge on any atom is -0.507 e. The van der Waals surface area contributed by atoms with Crippen molar-refractivity contribution in [3.05, 3.63) is 29.8 Å². The van der Waals surface area contributed by atoms with Crippen LogP contribution in [0.5, 0.6) is 5.75 Å². The summed E-state index contributed by atoms with van der Waals surface area (Å²) >= 11 is 0. The molecule has 88 valence electrons. The Balaban J connectivity index is 2.56. The highest BCUT2D eigenvalue weighted by Crippen LogP contribution is 2.16. The van der Waals surface area contributed by atoms with E-state index in [1.54, 1.807) is 18.2 Å². The summed E-state index contributed by atoms with van der Waals surface area (Å²) in [5.74, 6) is -0.544. The molecule has 0 bridgehead atoms. The number of carbonyl (C=O) groups excluding carboxylic acids is 1. The fourth-order valence-corrected chi connectivity index (χ4v) is 1.28. The first kappa shape index (κ1) is 12.5. The van der Waals surface area contributed by atoms with E-state index < -0.39 is 5.97 Å². The predicted molar refractivity (Wildman–Crippen MR) is 61.3 cm³/mol. The van der Waals surface area contributed by atoms with Crippen LogP contribution in [0.4, 0.5) is 0 Å². The summed E-state index contributed by atoms with van der Waals surface area (Å²) < 4.78 is 5.08. The van der Waals surface area contributed by atoms with Gasteiger partial charge in [-0.15, -0.1) is 0 Å². The maximum Gasteiger partial charge on any atom is 0.343 e. The van der Waals surface area contributed by atoms with Crippen LogP contribution in [0, 0.1) is 0 Å². The number of phenolic OH excluding ortho intramolecular Hbond substituents is 1. The molecular weight excluding hydrogens is 206 g/mol. The zero-order chi connectivity index (χ0) is 12.0. The van der Waals surface area contributed by atoms with Crippen molar-refractivity contribution in [1.29, 1.82) is 0 Å². The standard InChI is InChI=1S/C12H17NO3/c1-3-13(4-2)9-16-12(15)10-7-5-6-8-11(10)14/h5-8,14H,3-4,9H2,1-2H3. The first-order valence-corrected chi connectivity index (χ1v) is 5.36. The summed E-state index contributed by atoms with van der Waals surface area (Å²) in [6, 6.07) is 6.36. The lowest BCUT2D eigenvalue weighted by molar-refractivity contribution is 0.0237. The highest BCUT2D eigenvalue weighted by Gasteiger charge is 2.12. The van der Waals surface area contributed by atoms with Crippen molar-refractivity contribution in [3.63, 3.8) is 0 Å². The monoisotopic (exact) mass is 223 g/mol. The van der Waals surface area contributed by atoms with Crippen molar-refractivity contribution < 1.29 is 14.6 Å². The van der Waals surface area contributed by atoms with Crippen LogP contribution in [0.2, 0.25) is 0 Å². The van der Waals surface area contributed by atoms with Crippen LogP contribution >= 0.6 is 0 Å². The SMILES string of the molecule is CCN(CC)COC(=O)c1ccccc1O. The maximum atomic E-state index is 11.6. The van der Waals surface area contributed by atoms with Crippen molar-refractivity contribution in [2.24, 2.45) is 0 Å². The van der Waals surface area contributed by atoms with Gasteiger partial charge < -0.3 is 9.84 Å². The number of rotatable bonds is 5. The second-order valence-corrected chi connectivity index (χ2v) is 3.38. The Hall–Kier alpha value is -1.55. The largest absolute Gasteiger partial charge is 0.507 e. The van der Waals surface area contributed by atoms with E-state index in [2.05, 4.69) is 0 Å². The lowest BCUT2D eigenvalue weighted by Gasteiger charge is -2.17. The zero-order valence-electron chi connectivity index (χ0n) is 9.64. The molecule has 0 amide bonds. The number of aromatic hydroxyl groups is 1. The highest BCUT2D eigenvalue weighted by molar-refractivity contribution is 5.92. The molecule has 0 fully saturated rings. The summed E-state index contributed by atoms with van der Waals surface area (Å²) in [4.78, 5) is 13.6. The molecule has 0 aliphatic heterocycles. The van der Waals surface area contributed by atoms with Gasteiger partial charge in [-0.3, -0.25) is 4.90 Å². The molecule has 4 heteroatoms. The average Bonchev–Trinajstić information content (AvgIpc) is 2.30. The van der Waals surface area contributed by atoms with Crippen LogP contribution in [0.15, 0.2) is 24.3 Å². The van der Waals surface area contributed by atoms with Crippen LogP contribution in [0.25, 0.3) is 0 Å². The summed E-state index contributed by atoms with van der Waals surface area (Å²) in [7, 11) is 0. The van der Waals surface area contributed by atoms with Crippen molar-refractivity contribution in [3.8, 4) is 5.75 Å². The van der Waals surface area contributed by atoms with E-state index in [0.717, 1.165) is 13.1 Å². The molecule has 0 aromatic heterocycles. The average molecular weight is 223 g/mol. The predicted octanol–water partition coefficient (Wildman–Crippen LogP) is 1.85. The Kier molecular flexibility index (Phi) is 4.79. The van der Waals surface area contributed by atoms with Crippen LogP contribution in [-0.2, 0) is 4.74 Å². The highest BCUT2D eigenvalue weighted by atomic mass is 16.5. The molecule has 0 unspecified atom stereocenters. The Morgan fingerprint density at radius 1 is 1.31 bits per heavy atom. The minimum absolute atomic E-state index is 0.0490. The molecule has 0 heterocycles. The number of benzene rings is 1. The zero-order valence-corrected chi connectivity index (χ0v) is 9.64. The van der Waals surface area contributed by atoms with Gasteiger partial charge in [-0.05, 0) is 25.2 Å². The first-order chi connectivity index (χ1) is 7.69. The van der Waals surface area contributed by atoms with E-state index in [-0.39, 0.29) is 18.0 Å². The van der Waals surface area contributed by atoms with E-state index in [4.69, 9.17) is 4.74 Å². The maximum absolute atomic E-state index is 11.6. The number of para-hydroxylation sites is 1. The number of ether oxygens (including phenoxy) is 1. The molecule has 1 aromatic rings. The molecule has 16 heavy (non-hydrogen) atoms. The molecular formula is C12H17NO3. The molecule has 0 radical (unpaired) electrons. The Morgan fingerprint density at radius 2 is 1.94 bits per heavy atom. The molecule has 0 saturated heterocycles. The van der Waals surface area contributed by atoms with Crippen LogP contribution in [-0.4, -0.2) is 35.8 Å². The van der Waals surface area contributed by atoms with Gasteiger partial charge in [0.2, 0.25) is 0 Å². The van der Waals surface area contributed by atoms with Crippen LogP contribution < -0.4 is 0 Å². The van der Waals surface area contributed by atoms with E-state index >= 15 is 0 Å². The third-order valence-corrected chi connectivity index (χ3v) is 2.40. The van der Waals surface area contributed by atoms with Gasteiger partial charge in [0.1, 0.15) is 18.0 Å². The van der Waals surface area contributed by atoms with Gasteiger partial charge >= 0.3 is 5.97 Å². The van der Waals surface area contributed by atoms with Crippen molar-refractivity contribution in [1.82, 2.24) is 4.90 Å². The topological polar surface area (TPSA) is 49.8 Å². The molecule has 1 aromatic carbocycles. The van der Waals surface area contributed by atoms with Gasteiger partial charge in [-0.1, -0.05) is 26.0 Å². The number of hydrogen-bond acceptors (Lipinski definition) is 4. The van der Waals surface area contributed by atoms with Gasteiger partial charge in [0.15, 0.2) is 0 Å². The normalized spacial score (nSPS) is 10.4. The van der Waals surface area contributed by atoms with E-state index in [9.17, 15) is 9.90 Å². The molecule has 0 atom stereocenters. The van der Waals surface area contributed by atoms with Gasteiger partial charge in [0.25, 0.3) is 0 Å². The second kappa shape index (κ2) is 6.12. The summed E-state index contributed by atoms with van der Waals surface area (Å²) in [6.45, 7) is 5.89. The summed E-state index contributed by atoms with van der Waals surface area (Å²) in [5.41, 5.74) is 0.203. The van der Waals surface area contributed by atoms with E-state index in [1.165, 1.54) is 6.07 Å². The lowest BCUT2D eigenvalue weighted by atomic mass is 10.2. The fraction of sp³-hybridized carbons (Fsp3) is 0.417. The van der Waals surface area contributed by atoms with Crippen LogP contribution in [0.3, 0.4) is 0 Å². The molecule has 0 aliphatic carbocycles. The third-order valence-electron chi connectivity index (χ3n) is 2.40. The first-order valence-electron chi connectivity index (χ1n) is 5.36. The number of carbonyl (C=O) groups is 1. The molecule has 0 spiro atoms. The molecule has 1 rings (SSSR count).